The zero-order valence-electron chi connectivity index (χ0n) is 13.4. The van der Waals surface area contributed by atoms with E-state index in [1.165, 1.54) is 16.1 Å². The van der Waals surface area contributed by atoms with Crippen LogP contribution in [0.3, 0.4) is 0 Å². The standard InChI is InChI=1S/C17H15BrClN3O3S/c18-14-8-16-11(7-15(14)19)6-12(10-21-17(23)9-20)22(16)26(24,25)13-4-2-1-3-5-13/h1-8H,9-10,20H2,(H,21,23). The average Bonchev–Trinajstić information content (AvgIpc) is 2.98. The lowest BCUT2D eigenvalue weighted by atomic mass is 10.2. The van der Waals surface area contributed by atoms with Crippen molar-refractivity contribution >= 4 is 54.4 Å². The molecule has 9 heteroatoms. The number of carbonyl (C=O) groups is 1. The van der Waals surface area contributed by atoms with Gasteiger partial charge in [0.15, 0.2) is 0 Å². The summed E-state index contributed by atoms with van der Waals surface area (Å²) >= 11 is 9.47. The van der Waals surface area contributed by atoms with Crippen LogP contribution in [0.15, 0.2) is 57.9 Å². The lowest BCUT2D eigenvalue weighted by molar-refractivity contribution is -0.119. The first kappa shape index (κ1) is 18.9. The highest BCUT2D eigenvalue weighted by Crippen LogP contribution is 2.32. The number of halogens is 2. The summed E-state index contributed by atoms with van der Waals surface area (Å²) in [7, 11) is -3.87. The minimum absolute atomic E-state index is 0.0199. The molecule has 0 radical (unpaired) electrons. The summed E-state index contributed by atoms with van der Waals surface area (Å²) in [5, 5.41) is 3.72. The molecular formula is C17H15BrClN3O3S. The molecule has 3 rings (SSSR count). The van der Waals surface area contributed by atoms with Gasteiger partial charge in [-0.1, -0.05) is 29.8 Å². The maximum absolute atomic E-state index is 13.2. The molecule has 3 aromatic rings. The van der Waals surface area contributed by atoms with Gasteiger partial charge in [-0.05, 0) is 46.3 Å². The first-order valence-electron chi connectivity index (χ1n) is 7.61. The Kier molecular flexibility index (Phi) is 5.38. The van der Waals surface area contributed by atoms with Crippen LogP contribution in [0.25, 0.3) is 10.9 Å². The molecule has 26 heavy (non-hydrogen) atoms. The minimum Gasteiger partial charge on any atom is -0.349 e. The van der Waals surface area contributed by atoms with E-state index in [0.29, 0.717) is 26.1 Å². The van der Waals surface area contributed by atoms with Gasteiger partial charge in [0.05, 0.1) is 34.2 Å². The number of rotatable bonds is 5. The van der Waals surface area contributed by atoms with Gasteiger partial charge in [0, 0.05) is 9.86 Å². The van der Waals surface area contributed by atoms with E-state index >= 15 is 0 Å². The molecule has 0 atom stereocenters. The second-order valence-corrected chi connectivity index (χ2v) is 8.57. The second kappa shape index (κ2) is 7.40. The van der Waals surface area contributed by atoms with Crippen molar-refractivity contribution in [3.63, 3.8) is 0 Å². The fraction of sp³-hybridized carbons (Fsp3) is 0.118. The molecule has 0 unspecified atom stereocenters. The molecule has 0 aliphatic carbocycles. The molecule has 136 valence electrons. The number of amides is 1. The van der Waals surface area contributed by atoms with Gasteiger partial charge < -0.3 is 11.1 Å². The topological polar surface area (TPSA) is 94.2 Å². The predicted molar refractivity (Wildman–Crippen MR) is 105 cm³/mol. The summed E-state index contributed by atoms with van der Waals surface area (Å²) in [5.41, 5.74) is 6.17. The third-order valence-electron chi connectivity index (χ3n) is 3.80. The van der Waals surface area contributed by atoms with E-state index in [1.54, 1.807) is 36.4 Å². The van der Waals surface area contributed by atoms with E-state index in [0.717, 1.165) is 0 Å². The van der Waals surface area contributed by atoms with Crippen LogP contribution in [0.2, 0.25) is 5.02 Å². The number of nitrogens with one attached hydrogen (secondary N) is 1. The Balaban J connectivity index is 2.23. The van der Waals surface area contributed by atoms with E-state index < -0.39 is 10.0 Å². The largest absolute Gasteiger partial charge is 0.349 e. The Morgan fingerprint density at radius 2 is 1.88 bits per heavy atom. The highest BCUT2D eigenvalue weighted by molar-refractivity contribution is 9.10. The summed E-state index contributed by atoms with van der Waals surface area (Å²) in [5.74, 6) is -0.377. The molecule has 1 heterocycles. The number of nitrogens with zero attached hydrogens (tertiary/aromatic N) is 1. The Labute approximate surface area is 164 Å². The van der Waals surface area contributed by atoms with Crippen LogP contribution in [0, 0.1) is 0 Å². The van der Waals surface area contributed by atoms with Crippen molar-refractivity contribution in [2.24, 2.45) is 5.73 Å². The summed E-state index contributed by atoms with van der Waals surface area (Å²) in [6.45, 7) is -0.158. The number of carbonyl (C=O) groups excluding carboxylic acids is 1. The second-order valence-electron chi connectivity index (χ2n) is 5.52. The first-order chi connectivity index (χ1) is 12.3. The number of nitrogens with two attached hydrogens (primary N) is 1. The van der Waals surface area contributed by atoms with Crippen molar-refractivity contribution in [2.75, 3.05) is 6.54 Å². The van der Waals surface area contributed by atoms with Crippen molar-refractivity contribution in [3.8, 4) is 0 Å². The fourth-order valence-corrected chi connectivity index (χ4v) is 4.66. The lowest BCUT2D eigenvalue weighted by Crippen LogP contribution is -2.31. The van der Waals surface area contributed by atoms with Gasteiger partial charge in [-0.15, -0.1) is 0 Å². The molecule has 0 saturated heterocycles. The summed E-state index contributed by atoms with van der Waals surface area (Å²) in [6, 6.07) is 13.1. The Morgan fingerprint density at radius 1 is 1.19 bits per heavy atom. The third kappa shape index (κ3) is 3.50. The van der Waals surface area contributed by atoms with Gasteiger partial charge in [0.1, 0.15) is 0 Å². The monoisotopic (exact) mass is 455 g/mol. The van der Waals surface area contributed by atoms with Crippen molar-refractivity contribution in [1.29, 1.82) is 0 Å². The predicted octanol–water partition coefficient (Wildman–Crippen LogP) is 2.87. The molecule has 0 aliphatic rings. The number of aromatic nitrogens is 1. The maximum Gasteiger partial charge on any atom is 0.268 e. The first-order valence-corrected chi connectivity index (χ1v) is 10.2. The van der Waals surface area contributed by atoms with Gasteiger partial charge in [-0.3, -0.25) is 4.79 Å². The van der Waals surface area contributed by atoms with Crippen molar-refractivity contribution < 1.29 is 13.2 Å². The molecular weight excluding hydrogens is 442 g/mol. The van der Waals surface area contributed by atoms with E-state index in [1.807, 2.05) is 0 Å². The summed E-state index contributed by atoms with van der Waals surface area (Å²) in [6.07, 6.45) is 0. The van der Waals surface area contributed by atoms with Crippen LogP contribution in [0.5, 0.6) is 0 Å². The van der Waals surface area contributed by atoms with Crippen LogP contribution in [0.4, 0.5) is 0 Å². The molecule has 3 N–H and O–H groups in total. The maximum atomic E-state index is 13.2. The van der Waals surface area contributed by atoms with Gasteiger partial charge >= 0.3 is 0 Å². The van der Waals surface area contributed by atoms with Crippen LogP contribution in [-0.2, 0) is 21.4 Å². The molecule has 2 aromatic carbocycles. The Morgan fingerprint density at radius 3 is 2.54 bits per heavy atom. The molecule has 0 saturated carbocycles. The Bertz CT molecular complexity index is 1080. The lowest BCUT2D eigenvalue weighted by Gasteiger charge is -2.13. The van der Waals surface area contributed by atoms with Gasteiger partial charge in [-0.2, -0.15) is 0 Å². The third-order valence-corrected chi connectivity index (χ3v) is 6.78. The summed E-state index contributed by atoms with van der Waals surface area (Å²) in [4.78, 5) is 11.7. The number of benzene rings is 2. The number of hydrogen-bond acceptors (Lipinski definition) is 4. The van der Waals surface area contributed by atoms with Crippen molar-refractivity contribution in [2.45, 2.75) is 11.4 Å². The minimum atomic E-state index is -3.87. The van der Waals surface area contributed by atoms with Gasteiger partial charge in [-0.25, -0.2) is 12.4 Å². The smallest absolute Gasteiger partial charge is 0.268 e. The van der Waals surface area contributed by atoms with E-state index in [4.69, 9.17) is 17.3 Å². The van der Waals surface area contributed by atoms with E-state index in [9.17, 15) is 13.2 Å². The van der Waals surface area contributed by atoms with Crippen molar-refractivity contribution in [3.05, 3.63) is 63.7 Å². The SMILES string of the molecule is NCC(=O)NCc1cc2cc(Cl)c(Br)cc2n1S(=O)(=O)c1ccccc1. The van der Waals surface area contributed by atoms with Gasteiger partial charge in [0.2, 0.25) is 5.91 Å². The van der Waals surface area contributed by atoms with Crippen LogP contribution >= 0.6 is 27.5 Å². The average molecular weight is 457 g/mol. The molecule has 0 spiro atoms. The molecule has 1 amide bonds. The van der Waals surface area contributed by atoms with Gasteiger partial charge in [0.25, 0.3) is 10.0 Å². The highest BCUT2D eigenvalue weighted by atomic mass is 79.9. The quantitative estimate of drug-likeness (QED) is 0.617. The number of fused-ring (bicyclic) bond motifs is 1. The van der Waals surface area contributed by atoms with Crippen molar-refractivity contribution in [1.82, 2.24) is 9.29 Å². The zero-order chi connectivity index (χ0) is 18.9. The molecule has 0 bridgehead atoms. The number of hydrogen-bond donors (Lipinski definition) is 2. The zero-order valence-corrected chi connectivity index (χ0v) is 16.6. The van der Waals surface area contributed by atoms with Crippen LogP contribution in [-0.4, -0.2) is 24.8 Å². The molecule has 0 fully saturated rings. The molecule has 6 nitrogen and oxygen atoms in total. The summed E-state index contributed by atoms with van der Waals surface area (Å²) < 4.78 is 28.2. The Hall–Kier alpha value is -1.87. The molecule has 0 aliphatic heterocycles. The van der Waals surface area contributed by atoms with Crippen LogP contribution in [0.1, 0.15) is 5.69 Å². The highest BCUT2D eigenvalue weighted by Gasteiger charge is 2.23. The fourth-order valence-electron chi connectivity index (χ4n) is 2.60. The van der Waals surface area contributed by atoms with Crippen LogP contribution < -0.4 is 11.1 Å². The van der Waals surface area contributed by atoms with E-state index in [-0.39, 0.29) is 23.9 Å². The molecule has 1 aromatic heterocycles. The van der Waals surface area contributed by atoms with E-state index in [2.05, 4.69) is 21.2 Å². The normalized spacial score (nSPS) is 11.7.